The van der Waals surface area contributed by atoms with Crippen molar-refractivity contribution in [3.63, 3.8) is 0 Å². The Kier molecular flexibility index (Phi) is 1.88. The van der Waals surface area contributed by atoms with E-state index in [1.54, 1.807) is 6.07 Å². The van der Waals surface area contributed by atoms with Gasteiger partial charge in [-0.2, -0.15) is 0 Å². The van der Waals surface area contributed by atoms with Crippen LogP contribution in [0.3, 0.4) is 0 Å². The molecule has 0 saturated carbocycles. The van der Waals surface area contributed by atoms with Gasteiger partial charge in [-0.05, 0) is 28.1 Å². The number of H-pyrrole nitrogens is 1. The van der Waals surface area contributed by atoms with E-state index in [9.17, 15) is 9.18 Å². The van der Waals surface area contributed by atoms with Crippen LogP contribution in [0.15, 0.2) is 27.6 Å². The Balaban J connectivity index is 2.95. The highest BCUT2D eigenvalue weighted by Crippen LogP contribution is 2.20. The Morgan fingerprint density at radius 2 is 2.23 bits per heavy atom. The van der Waals surface area contributed by atoms with Crippen molar-refractivity contribution in [2.24, 2.45) is 0 Å². The molecule has 0 radical (unpaired) electrons. The summed E-state index contributed by atoms with van der Waals surface area (Å²) < 4.78 is 13.6. The van der Waals surface area contributed by atoms with Gasteiger partial charge in [0.05, 0.1) is 16.2 Å². The maximum absolute atomic E-state index is 13.3. The van der Waals surface area contributed by atoms with Crippen LogP contribution in [-0.2, 0) is 0 Å². The second-order valence-corrected chi connectivity index (χ2v) is 3.36. The molecular formula is C8H4BrFN2O. The summed E-state index contributed by atoms with van der Waals surface area (Å²) in [6.07, 6.45) is 1.05. The molecule has 3 nitrogen and oxygen atoms in total. The molecule has 1 aromatic heterocycles. The van der Waals surface area contributed by atoms with Crippen molar-refractivity contribution < 1.29 is 4.39 Å². The van der Waals surface area contributed by atoms with E-state index in [0.717, 1.165) is 6.20 Å². The fourth-order valence-corrected chi connectivity index (χ4v) is 1.38. The molecule has 1 heterocycles. The molecule has 0 fully saturated rings. The van der Waals surface area contributed by atoms with Crippen molar-refractivity contribution >= 4 is 27.0 Å². The third-order valence-electron chi connectivity index (χ3n) is 1.64. The molecule has 2 rings (SSSR count). The lowest BCUT2D eigenvalue weighted by molar-refractivity contribution is 0.629. The Morgan fingerprint density at radius 1 is 1.46 bits per heavy atom. The van der Waals surface area contributed by atoms with Gasteiger partial charge in [0.25, 0.3) is 5.56 Å². The van der Waals surface area contributed by atoms with E-state index < -0.39 is 5.82 Å². The van der Waals surface area contributed by atoms with Gasteiger partial charge in [0, 0.05) is 0 Å². The molecule has 1 aromatic carbocycles. The first-order valence-corrected chi connectivity index (χ1v) is 4.31. The Bertz CT molecular complexity index is 523. The predicted octanol–water partition coefficient (Wildman–Crippen LogP) is 1.82. The molecular weight excluding hydrogens is 239 g/mol. The third-order valence-corrected chi connectivity index (χ3v) is 2.25. The lowest BCUT2D eigenvalue weighted by Crippen LogP contribution is -2.05. The molecule has 5 heteroatoms. The summed E-state index contributed by atoms with van der Waals surface area (Å²) in [6.45, 7) is 0. The first-order valence-electron chi connectivity index (χ1n) is 3.51. The van der Waals surface area contributed by atoms with Crippen LogP contribution in [0.25, 0.3) is 11.0 Å². The third kappa shape index (κ3) is 1.35. The molecule has 0 aliphatic heterocycles. The summed E-state index contributed by atoms with van der Waals surface area (Å²) in [4.78, 5) is 17.0. The van der Waals surface area contributed by atoms with Crippen molar-refractivity contribution in [3.05, 3.63) is 39.0 Å². The van der Waals surface area contributed by atoms with E-state index in [4.69, 9.17) is 0 Å². The molecule has 0 spiro atoms. The van der Waals surface area contributed by atoms with E-state index in [1.165, 1.54) is 6.07 Å². The molecule has 66 valence electrons. The van der Waals surface area contributed by atoms with Gasteiger partial charge in [-0.25, -0.2) is 9.37 Å². The van der Waals surface area contributed by atoms with E-state index >= 15 is 0 Å². The van der Waals surface area contributed by atoms with Crippen molar-refractivity contribution in [1.82, 2.24) is 9.97 Å². The zero-order chi connectivity index (χ0) is 9.42. The van der Waals surface area contributed by atoms with Gasteiger partial charge in [0.15, 0.2) is 5.82 Å². The molecule has 0 unspecified atom stereocenters. The van der Waals surface area contributed by atoms with Crippen molar-refractivity contribution in [2.45, 2.75) is 0 Å². The van der Waals surface area contributed by atoms with Crippen molar-refractivity contribution in [1.29, 1.82) is 0 Å². The molecule has 0 aliphatic rings. The smallest absolute Gasteiger partial charge is 0.266 e. The monoisotopic (exact) mass is 242 g/mol. The van der Waals surface area contributed by atoms with E-state index in [0.29, 0.717) is 9.99 Å². The minimum Gasteiger partial charge on any atom is -0.319 e. The fraction of sp³-hybridized carbons (Fsp3) is 0. The summed E-state index contributed by atoms with van der Waals surface area (Å²) in [5, 5.41) is 0. The van der Waals surface area contributed by atoms with Crippen LogP contribution >= 0.6 is 15.9 Å². The maximum atomic E-state index is 13.3. The molecule has 0 aliphatic carbocycles. The number of aromatic nitrogens is 2. The molecule has 0 saturated heterocycles. The molecule has 1 N–H and O–H groups in total. The first-order chi connectivity index (χ1) is 6.18. The van der Waals surface area contributed by atoms with Gasteiger partial charge in [0.1, 0.15) is 5.52 Å². The summed E-state index contributed by atoms with van der Waals surface area (Å²) in [5.41, 5.74) is 0.219. The van der Waals surface area contributed by atoms with E-state index in [1.807, 2.05) is 0 Å². The number of hydrogen-bond donors (Lipinski definition) is 1. The molecule has 13 heavy (non-hydrogen) atoms. The van der Waals surface area contributed by atoms with Crippen LogP contribution in [0.4, 0.5) is 4.39 Å². The average Bonchev–Trinajstić information content (AvgIpc) is 2.12. The number of nitrogens with zero attached hydrogens (tertiary/aromatic N) is 1. The SMILES string of the molecule is O=c1cnc2c(F)c(Br)ccc2[nH]1. The van der Waals surface area contributed by atoms with Gasteiger partial charge in [-0.1, -0.05) is 0 Å². The normalized spacial score (nSPS) is 10.6. The number of aromatic amines is 1. The van der Waals surface area contributed by atoms with Gasteiger partial charge >= 0.3 is 0 Å². The lowest BCUT2D eigenvalue weighted by Gasteiger charge is -1.98. The zero-order valence-corrected chi connectivity index (χ0v) is 7.93. The van der Waals surface area contributed by atoms with Crippen LogP contribution in [-0.4, -0.2) is 9.97 Å². The summed E-state index contributed by atoms with van der Waals surface area (Å²) in [6, 6.07) is 3.12. The van der Waals surface area contributed by atoms with Crippen LogP contribution in [0.1, 0.15) is 0 Å². The quantitative estimate of drug-likeness (QED) is 0.767. The fourth-order valence-electron chi connectivity index (χ4n) is 1.06. The number of fused-ring (bicyclic) bond motifs is 1. The lowest BCUT2D eigenvalue weighted by atomic mass is 10.3. The maximum Gasteiger partial charge on any atom is 0.266 e. The van der Waals surface area contributed by atoms with Crippen LogP contribution < -0.4 is 5.56 Å². The minimum absolute atomic E-state index is 0.161. The molecule has 0 bridgehead atoms. The van der Waals surface area contributed by atoms with Gasteiger partial charge in [-0.3, -0.25) is 4.79 Å². The standard InChI is InChI=1S/C8H4BrFN2O/c9-4-1-2-5-8(7(4)10)11-3-6(13)12-5/h1-3H,(H,12,13). The van der Waals surface area contributed by atoms with E-state index in [2.05, 4.69) is 25.9 Å². The molecule has 0 amide bonds. The van der Waals surface area contributed by atoms with E-state index in [-0.39, 0.29) is 11.1 Å². The van der Waals surface area contributed by atoms with Crippen LogP contribution in [0.2, 0.25) is 0 Å². The number of nitrogens with one attached hydrogen (secondary N) is 1. The summed E-state index contributed by atoms with van der Waals surface area (Å²) >= 11 is 3.03. The Morgan fingerprint density at radius 3 is 3.00 bits per heavy atom. The van der Waals surface area contributed by atoms with Gasteiger partial charge < -0.3 is 4.98 Å². The predicted molar refractivity (Wildman–Crippen MR) is 50.0 cm³/mol. The average molecular weight is 243 g/mol. The first kappa shape index (κ1) is 8.37. The second-order valence-electron chi connectivity index (χ2n) is 2.50. The number of rotatable bonds is 0. The largest absolute Gasteiger partial charge is 0.319 e. The van der Waals surface area contributed by atoms with Gasteiger partial charge in [0.2, 0.25) is 0 Å². The number of hydrogen-bond acceptors (Lipinski definition) is 2. The number of halogens is 2. The summed E-state index contributed by atoms with van der Waals surface area (Å²) in [7, 11) is 0. The van der Waals surface area contributed by atoms with Crippen molar-refractivity contribution in [3.8, 4) is 0 Å². The summed E-state index contributed by atoms with van der Waals surface area (Å²) in [5.74, 6) is -0.464. The highest BCUT2D eigenvalue weighted by Gasteiger charge is 2.05. The second kappa shape index (κ2) is 2.92. The van der Waals surface area contributed by atoms with Crippen molar-refractivity contribution in [2.75, 3.05) is 0 Å². The van der Waals surface area contributed by atoms with Crippen LogP contribution in [0.5, 0.6) is 0 Å². The highest BCUT2D eigenvalue weighted by molar-refractivity contribution is 9.10. The molecule has 0 atom stereocenters. The van der Waals surface area contributed by atoms with Gasteiger partial charge in [-0.15, -0.1) is 0 Å². The number of benzene rings is 1. The van der Waals surface area contributed by atoms with Crippen LogP contribution in [0, 0.1) is 5.82 Å². The Labute approximate surface area is 80.7 Å². The zero-order valence-electron chi connectivity index (χ0n) is 6.34. The highest BCUT2D eigenvalue weighted by atomic mass is 79.9. The Hall–Kier alpha value is -1.23. The minimum atomic E-state index is -0.464. The topological polar surface area (TPSA) is 45.8 Å². The molecule has 2 aromatic rings.